The van der Waals surface area contributed by atoms with Crippen molar-refractivity contribution in [3.8, 4) is 11.5 Å². The third-order valence-electron chi connectivity index (χ3n) is 2.83. The molecule has 4 nitrogen and oxygen atoms in total. The van der Waals surface area contributed by atoms with Gasteiger partial charge in [-0.2, -0.15) is 0 Å². The smallest absolute Gasteiger partial charge is 0.179 e. The van der Waals surface area contributed by atoms with E-state index in [-0.39, 0.29) is 0 Å². The number of rotatable bonds is 4. The number of thioether (sulfide) groups is 1. The molecule has 0 aromatic carbocycles. The molecular formula is C16H14N4S. The summed E-state index contributed by atoms with van der Waals surface area (Å²) >= 11 is 1.68. The Bertz CT molecular complexity index is 717. The molecule has 0 aliphatic carbocycles. The predicted octanol–water partition coefficient (Wildman–Crippen LogP) is 3.53. The van der Waals surface area contributed by atoms with Crippen LogP contribution < -0.4 is 0 Å². The fraction of sp³-hybridized carbons (Fsp3) is 0.125. The maximum absolute atomic E-state index is 4.59. The van der Waals surface area contributed by atoms with Gasteiger partial charge in [-0.05, 0) is 36.8 Å². The summed E-state index contributed by atoms with van der Waals surface area (Å²) in [7, 11) is 0. The van der Waals surface area contributed by atoms with E-state index >= 15 is 0 Å². The molecule has 21 heavy (non-hydrogen) atoms. The minimum absolute atomic E-state index is 0.671. The van der Waals surface area contributed by atoms with Crippen LogP contribution >= 0.6 is 11.8 Å². The van der Waals surface area contributed by atoms with Crippen LogP contribution in [0.1, 0.15) is 11.3 Å². The zero-order chi connectivity index (χ0) is 14.5. The van der Waals surface area contributed by atoms with Crippen molar-refractivity contribution in [1.29, 1.82) is 0 Å². The lowest BCUT2D eigenvalue weighted by molar-refractivity contribution is 1.00. The van der Waals surface area contributed by atoms with E-state index in [9.17, 15) is 0 Å². The monoisotopic (exact) mass is 294 g/mol. The molecule has 0 saturated heterocycles. The van der Waals surface area contributed by atoms with Crippen molar-refractivity contribution in [3.05, 3.63) is 66.2 Å². The second kappa shape index (κ2) is 6.45. The fourth-order valence-electron chi connectivity index (χ4n) is 1.86. The Morgan fingerprint density at radius 3 is 2.76 bits per heavy atom. The Kier molecular flexibility index (Phi) is 4.21. The Hall–Kier alpha value is -2.27. The van der Waals surface area contributed by atoms with Gasteiger partial charge >= 0.3 is 0 Å². The molecule has 3 heterocycles. The fourth-order valence-corrected chi connectivity index (χ4v) is 2.75. The maximum atomic E-state index is 4.59. The zero-order valence-corrected chi connectivity index (χ0v) is 12.4. The van der Waals surface area contributed by atoms with E-state index in [0.29, 0.717) is 5.82 Å². The van der Waals surface area contributed by atoms with Crippen LogP contribution in [0, 0.1) is 6.92 Å². The van der Waals surface area contributed by atoms with E-state index < -0.39 is 0 Å². The molecule has 3 rings (SSSR count). The number of hydrogen-bond acceptors (Lipinski definition) is 5. The lowest BCUT2D eigenvalue weighted by atomic mass is 10.3. The molecule has 0 aliphatic heterocycles. The van der Waals surface area contributed by atoms with Crippen molar-refractivity contribution in [2.45, 2.75) is 17.7 Å². The number of pyridine rings is 2. The van der Waals surface area contributed by atoms with Gasteiger partial charge in [0, 0.05) is 30.0 Å². The molecule has 3 aromatic rings. The molecule has 0 aliphatic rings. The van der Waals surface area contributed by atoms with Gasteiger partial charge in [-0.1, -0.05) is 12.1 Å². The van der Waals surface area contributed by atoms with Crippen LogP contribution in [0.5, 0.6) is 0 Å². The molecular weight excluding hydrogens is 280 g/mol. The van der Waals surface area contributed by atoms with Crippen molar-refractivity contribution in [1.82, 2.24) is 19.9 Å². The molecule has 0 fully saturated rings. The highest BCUT2D eigenvalue weighted by molar-refractivity contribution is 7.98. The first-order valence-corrected chi connectivity index (χ1v) is 7.58. The van der Waals surface area contributed by atoms with Crippen LogP contribution in [0.3, 0.4) is 0 Å². The summed E-state index contributed by atoms with van der Waals surface area (Å²) in [6, 6.07) is 11.7. The van der Waals surface area contributed by atoms with E-state index in [1.807, 2.05) is 43.5 Å². The highest BCUT2D eigenvalue weighted by Crippen LogP contribution is 2.23. The van der Waals surface area contributed by atoms with Crippen molar-refractivity contribution in [2.75, 3.05) is 0 Å². The summed E-state index contributed by atoms with van der Waals surface area (Å²) in [6.07, 6.45) is 5.41. The van der Waals surface area contributed by atoms with Crippen LogP contribution in [0.15, 0.2) is 60.0 Å². The predicted molar refractivity (Wildman–Crippen MR) is 83.8 cm³/mol. The van der Waals surface area contributed by atoms with Crippen molar-refractivity contribution in [2.24, 2.45) is 0 Å². The first kappa shape index (κ1) is 13.7. The highest BCUT2D eigenvalue weighted by Gasteiger charge is 2.06. The molecule has 3 aromatic heterocycles. The number of hydrogen-bond donors (Lipinski definition) is 0. The van der Waals surface area contributed by atoms with Crippen molar-refractivity contribution >= 4 is 11.8 Å². The van der Waals surface area contributed by atoms with Gasteiger partial charge in [0.25, 0.3) is 0 Å². The lowest BCUT2D eigenvalue weighted by Crippen LogP contribution is -1.95. The van der Waals surface area contributed by atoms with Crippen molar-refractivity contribution in [3.63, 3.8) is 0 Å². The van der Waals surface area contributed by atoms with Gasteiger partial charge in [-0.15, -0.1) is 11.8 Å². The van der Waals surface area contributed by atoms with E-state index in [2.05, 4.69) is 26.0 Å². The molecule has 104 valence electrons. The van der Waals surface area contributed by atoms with Gasteiger partial charge in [-0.3, -0.25) is 9.97 Å². The standard InChI is InChI=1S/C16H14N4S/c1-12-9-15(21-11-13-5-4-7-17-10-13)20-16(19-12)14-6-2-3-8-18-14/h2-10H,11H2,1H3. The molecule has 0 saturated carbocycles. The van der Waals surface area contributed by atoms with Gasteiger partial charge < -0.3 is 0 Å². The lowest BCUT2D eigenvalue weighted by Gasteiger charge is -2.05. The number of aromatic nitrogens is 4. The Morgan fingerprint density at radius 1 is 1.05 bits per heavy atom. The Labute approximate surface area is 127 Å². The normalized spacial score (nSPS) is 10.5. The van der Waals surface area contributed by atoms with E-state index in [1.54, 1.807) is 24.2 Å². The van der Waals surface area contributed by atoms with Crippen LogP contribution in [0.2, 0.25) is 0 Å². The zero-order valence-electron chi connectivity index (χ0n) is 11.6. The topological polar surface area (TPSA) is 51.6 Å². The quantitative estimate of drug-likeness (QED) is 0.544. The molecule has 0 spiro atoms. The summed E-state index contributed by atoms with van der Waals surface area (Å²) in [5.41, 5.74) is 2.92. The first-order valence-electron chi connectivity index (χ1n) is 6.60. The van der Waals surface area contributed by atoms with E-state index in [1.165, 1.54) is 5.56 Å². The van der Waals surface area contributed by atoms with Crippen LogP contribution in [-0.4, -0.2) is 19.9 Å². The molecule has 0 N–H and O–H groups in total. The molecule has 0 radical (unpaired) electrons. The number of nitrogens with zero attached hydrogens (tertiary/aromatic N) is 4. The van der Waals surface area contributed by atoms with Crippen LogP contribution in [0.4, 0.5) is 0 Å². The highest BCUT2D eigenvalue weighted by atomic mass is 32.2. The van der Waals surface area contributed by atoms with Crippen LogP contribution in [-0.2, 0) is 5.75 Å². The second-order valence-corrected chi connectivity index (χ2v) is 5.53. The minimum Gasteiger partial charge on any atom is -0.264 e. The summed E-state index contributed by atoms with van der Waals surface area (Å²) in [4.78, 5) is 17.5. The average molecular weight is 294 g/mol. The summed E-state index contributed by atoms with van der Waals surface area (Å²) in [6.45, 7) is 1.97. The van der Waals surface area contributed by atoms with Crippen LogP contribution in [0.25, 0.3) is 11.5 Å². The Morgan fingerprint density at radius 2 is 2.00 bits per heavy atom. The number of aryl methyl sites for hydroxylation is 1. The minimum atomic E-state index is 0.671. The van der Waals surface area contributed by atoms with Gasteiger partial charge in [0.2, 0.25) is 0 Å². The SMILES string of the molecule is Cc1cc(SCc2cccnc2)nc(-c2ccccn2)n1. The summed E-state index contributed by atoms with van der Waals surface area (Å²) < 4.78 is 0. The Balaban J connectivity index is 1.82. The third-order valence-corrected chi connectivity index (χ3v) is 3.82. The largest absolute Gasteiger partial charge is 0.264 e. The van der Waals surface area contributed by atoms with Gasteiger partial charge in [0.05, 0.1) is 0 Å². The molecule has 0 unspecified atom stereocenters. The molecule has 0 amide bonds. The van der Waals surface area contributed by atoms with E-state index in [4.69, 9.17) is 0 Å². The van der Waals surface area contributed by atoms with Gasteiger partial charge in [0.15, 0.2) is 5.82 Å². The van der Waals surface area contributed by atoms with E-state index in [0.717, 1.165) is 22.2 Å². The van der Waals surface area contributed by atoms with Gasteiger partial charge in [-0.25, -0.2) is 9.97 Å². The maximum Gasteiger partial charge on any atom is 0.179 e. The molecule has 0 bridgehead atoms. The third kappa shape index (κ3) is 3.64. The van der Waals surface area contributed by atoms with Gasteiger partial charge in [0.1, 0.15) is 10.7 Å². The second-order valence-electron chi connectivity index (χ2n) is 4.54. The van der Waals surface area contributed by atoms with Crippen molar-refractivity contribution < 1.29 is 0 Å². The summed E-state index contributed by atoms with van der Waals surface area (Å²) in [5, 5.41) is 0.951. The molecule has 5 heteroatoms. The average Bonchev–Trinajstić information content (AvgIpc) is 2.54. The molecule has 0 atom stereocenters. The first-order chi connectivity index (χ1) is 10.3. The summed E-state index contributed by atoms with van der Waals surface area (Å²) in [5.74, 6) is 1.51.